The van der Waals surface area contributed by atoms with Crippen LogP contribution < -0.4 is 0 Å². The van der Waals surface area contributed by atoms with Crippen LogP contribution in [0.1, 0.15) is 58.3 Å². The lowest BCUT2D eigenvalue weighted by Crippen LogP contribution is -2.45. The van der Waals surface area contributed by atoms with E-state index in [0.717, 1.165) is 19.3 Å². The first-order valence-electron chi connectivity index (χ1n) is 7.79. The average molecular weight is 299 g/mol. The van der Waals surface area contributed by atoms with E-state index in [1.165, 1.54) is 25.7 Å². The van der Waals surface area contributed by atoms with E-state index in [-0.39, 0.29) is 11.3 Å². The summed E-state index contributed by atoms with van der Waals surface area (Å²) in [6.07, 6.45) is 8.60. The van der Waals surface area contributed by atoms with Crippen molar-refractivity contribution in [1.29, 1.82) is 0 Å². The van der Waals surface area contributed by atoms with Crippen molar-refractivity contribution in [1.82, 2.24) is 4.90 Å². The van der Waals surface area contributed by atoms with E-state index in [9.17, 15) is 14.7 Å². The van der Waals surface area contributed by atoms with Gasteiger partial charge in [-0.2, -0.15) is 0 Å². The summed E-state index contributed by atoms with van der Waals surface area (Å²) in [7, 11) is 0. The third-order valence-corrected chi connectivity index (χ3v) is 5.91. The van der Waals surface area contributed by atoms with Crippen molar-refractivity contribution >= 4 is 23.6 Å². The van der Waals surface area contributed by atoms with Crippen LogP contribution in [0.3, 0.4) is 0 Å². The number of carboxylic acids is 1. The number of carboxylic acid groups (broad SMARTS) is 1. The number of rotatable bonds is 4. The molecule has 0 aromatic heterocycles. The van der Waals surface area contributed by atoms with Crippen molar-refractivity contribution in [2.45, 2.75) is 69.7 Å². The first-order chi connectivity index (χ1) is 9.63. The molecule has 5 heteroatoms. The van der Waals surface area contributed by atoms with E-state index in [1.54, 1.807) is 16.7 Å². The summed E-state index contributed by atoms with van der Waals surface area (Å²) in [6, 6.07) is -0.622. The molecule has 1 saturated heterocycles. The number of thioether (sulfide) groups is 1. The fourth-order valence-electron chi connectivity index (χ4n) is 3.32. The summed E-state index contributed by atoms with van der Waals surface area (Å²) < 4.78 is 0. The summed E-state index contributed by atoms with van der Waals surface area (Å²) in [6.45, 7) is 2.02. The molecule has 2 unspecified atom stereocenters. The Labute approximate surface area is 125 Å². The monoisotopic (exact) mass is 299 g/mol. The summed E-state index contributed by atoms with van der Waals surface area (Å²) in [5, 5.41) is 9.34. The van der Waals surface area contributed by atoms with Crippen LogP contribution in [-0.4, -0.2) is 39.1 Å². The van der Waals surface area contributed by atoms with Gasteiger partial charge in [-0.05, 0) is 25.2 Å². The molecule has 0 spiro atoms. The summed E-state index contributed by atoms with van der Waals surface area (Å²) >= 11 is 1.61. The van der Waals surface area contributed by atoms with Crippen LogP contribution in [0.25, 0.3) is 0 Å². The number of hydrogen-bond acceptors (Lipinski definition) is 3. The Morgan fingerprint density at radius 3 is 2.40 bits per heavy atom. The lowest BCUT2D eigenvalue weighted by Gasteiger charge is -2.28. The van der Waals surface area contributed by atoms with Gasteiger partial charge in [0.05, 0.1) is 5.37 Å². The van der Waals surface area contributed by atoms with Crippen LogP contribution in [0.2, 0.25) is 0 Å². The standard InChI is InChI=1S/C15H25NO3S/c1-2-14-16(12(10-20-14)15(18)19)13(17)9-11-7-5-3-4-6-8-11/h11-12,14H,2-10H2,1H3,(H,18,19). The van der Waals surface area contributed by atoms with E-state index in [2.05, 4.69) is 0 Å². The summed E-state index contributed by atoms with van der Waals surface area (Å²) in [4.78, 5) is 25.5. The molecule has 20 heavy (non-hydrogen) atoms. The minimum atomic E-state index is -0.859. The smallest absolute Gasteiger partial charge is 0.327 e. The van der Waals surface area contributed by atoms with Gasteiger partial charge in [0.2, 0.25) is 5.91 Å². The molecule has 1 saturated carbocycles. The second kappa shape index (κ2) is 7.34. The maximum Gasteiger partial charge on any atom is 0.327 e. The zero-order valence-corrected chi connectivity index (χ0v) is 13.0. The molecule has 2 rings (SSSR count). The van der Waals surface area contributed by atoms with Gasteiger partial charge in [0, 0.05) is 12.2 Å². The van der Waals surface area contributed by atoms with Gasteiger partial charge in [0.15, 0.2) is 0 Å². The van der Waals surface area contributed by atoms with Crippen LogP contribution >= 0.6 is 11.8 Å². The van der Waals surface area contributed by atoms with Gasteiger partial charge in [-0.1, -0.05) is 32.6 Å². The molecular formula is C15H25NO3S. The molecule has 1 heterocycles. The Hall–Kier alpha value is -0.710. The van der Waals surface area contributed by atoms with Gasteiger partial charge in [0.25, 0.3) is 0 Å². The van der Waals surface area contributed by atoms with Crippen LogP contribution in [0, 0.1) is 5.92 Å². The Kier molecular flexibility index (Phi) is 5.75. The maximum absolute atomic E-state index is 12.6. The normalized spacial score (nSPS) is 28.4. The molecular weight excluding hydrogens is 274 g/mol. The van der Waals surface area contributed by atoms with E-state index < -0.39 is 12.0 Å². The molecule has 0 aromatic rings. The van der Waals surface area contributed by atoms with E-state index >= 15 is 0 Å². The Morgan fingerprint density at radius 1 is 1.20 bits per heavy atom. The molecule has 2 fully saturated rings. The first-order valence-corrected chi connectivity index (χ1v) is 8.84. The Morgan fingerprint density at radius 2 is 1.85 bits per heavy atom. The van der Waals surface area contributed by atoms with Gasteiger partial charge in [-0.25, -0.2) is 4.79 Å². The molecule has 2 atom stereocenters. The van der Waals surface area contributed by atoms with Crippen LogP contribution in [0.4, 0.5) is 0 Å². The maximum atomic E-state index is 12.6. The molecule has 114 valence electrons. The van der Waals surface area contributed by atoms with Crippen molar-refractivity contribution in [3.63, 3.8) is 0 Å². The summed E-state index contributed by atoms with van der Waals surface area (Å²) in [5.74, 6) is 0.191. The minimum Gasteiger partial charge on any atom is -0.480 e. The fraction of sp³-hybridized carbons (Fsp3) is 0.867. The Balaban J connectivity index is 1.99. The van der Waals surface area contributed by atoms with Gasteiger partial charge >= 0.3 is 5.97 Å². The highest BCUT2D eigenvalue weighted by Gasteiger charge is 2.40. The van der Waals surface area contributed by atoms with Crippen LogP contribution in [0.5, 0.6) is 0 Å². The number of carbonyl (C=O) groups excluding carboxylic acids is 1. The predicted octanol–water partition coefficient (Wildman–Crippen LogP) is 3.11. The van der Waals surface area contributed by atoms with E-state index in [0.29, 0.717) is 18.1 Å². The summed E-state index contributed by atoms with van der Waals surface area (Å²) in [5.41, 5.74) is 0. The third kappa shape index (κ3) is 3.68. The molecule has 1 aliphatic carbocycles. The molecule has 1 N–H and O–H groups in total. The zero-order chi connectivity index (χ0) is 14.5. The Bertz CT molecular complexity index is 353. The lowest BCUT2D eigenvalue weighted by molar-refractivity contribution is -0.149. The van der Waals surface area contributed by atoms with Crippen molar-refractivity contribution in [2.24, 2.45) is 5.92 Å². The highest BCUT2D eigenvalue weighted by Crippen LogP contribution is 2.34. The second-order valence-corrected chi connectivity index (χ2v) is 7.12. The van der Waals surface area contributed by atoms with Crippen molar-refractivity contribution in [3.05, 3.63) is 0 Å². The predicted molar refractivity (Wildman–Crippen MR) is 80.6 cm³/mol. The number of hydrogen-bond donors (Lipinski definition) is 1. The average Bonchev–Trinajstić information content (AvgIpc) is 2.70. The number of aliphatic carboxylic acids is 1. The molecule has 2 aliphatic rings. The lowest BCUT2D eigenvalue weighted by atomic mass is 9.95. The fourth-order valence-corrected chi connectivity index (χ4v) is 4.69. The highest BCUT2D eigenvalue weighted by molar-refractivity contribution is 8.00. The number of carbonyl (C=O) groups is 2. The van der Waals surface area contributed by atoms with Gasteiger partial charge in [-0.3, -0.25) is 4.79 Å². The van der Waals surface area contributed by atoms with Gasteiger partial charge in [-0.15, -0.1) is 11.8 Å². The second-order valence-electron chi connectivity index (χ2n) is 5.91. The molecule has 1 amide bonds. The highest BCUT2D eigenvalue weighted by atomic mass is 32.2. The number of nitrogens with zero attached hydrogens (tertiary/aromatic N) is 1. The van der Waals surface area contributed by atoms with Gasteiger partial charge in [0.1, 0.15) is 6.04 Å². The number of amides is 1. The largest absolute Gasteiger partial charge is 0.480 e. The van der Waals surface area contributed by atoms with Crippen molar-refractivity contribution < 1.29 is 14.7 Å². The molecule has 0 bridgehead atoms. The SMILES string of the molecule is CCC1SCC(C(=O)O)N1C(=O)CC1CCCCCC1. The minimum absolute atomic E-state index is 0.0504. The van der Waals surface area contributed by atoms with Crippen molar-refractivity contribution in [2.75, 3.05) is 5.75 Å². The molecule has 0 aromatic carbocycles. The third-order valence-electron chi connectivity index (χ3n) is 4.45. The van der Waals surface area contributed by atoms with Crippen LogP contribution in [0.15, 0.2) is 0 Å². The topological polar surface area (TPSA) is 57.6 Å². The molecule has 4 nitrogen and oxygen atoms in total. The zero-order valence-electron chi connectivity index (χ0n) is 12.2. The first kappa shape index (κ1) is 15.7. The molecule has 1 aliphatic heterocycles. The van der Waals surface area contributed by atoms with E-state index in [1.807, 2.05) is 6.92 Å². The van der Waals surface area contributed by atoms with E-state index in [4.69, 9.17) is 0 Å². The van der Waals surface area contributed by atoms with Gasteiger partial charge < -0.3 is 10.0 Å². The van der Waals surface area contributed by atoms with Crippen molar-refractivity contribution in [3.8, 4) is 0 Å². The molecule has 0 radical (unpaired) electrons. The quantitative estimate of drug-likeness (QED) is 0.810. The van der Waals surface area contributed by atoms with Crippen LogP contribution in [-0.2, 0) is 9.59 Å².